The number of hydrogen-bond donors (Lipinski definition) is 0. The average molecular weight is 314 g/mol. The van der Waals surface area contributed by atoms with Crippen molar-refractivity contribution in [1.82, 2.24) is 14.5 Å². The highest BCUT2D eigenvalue weighted by molar-refractivity contribution is 6.34. The monoisotopic (exact) mass is 313 g/mol. The Balaban J connectivity index is 2.54. The van der Waals surface area contributed by atoms with Crippen molar-refractivity contribution in [2.24, 2.45) is 0 Å². The van der Waals surface area contributed by atoms with Gasteiger partial charge in [0.15, 0.2) is 0 Å². The van der Waals surface area contributed by atoms with Gasteiger partial charge in [0.25, 0.3) is 0 Å². The second kappa shape index (κ2) is 5.92. The first-order valence-electron chi connectivity index (χ1n) is 6.74. The third-order valence-electron chi connectivity index (χ3n) is 3.88. The maximum absolute atomic E-state index is 6.26. The van der Waals surface area contributed by atoms with Gasteiger partial charge in [0, 0.05) is 24.4 Å². The fourth-order valence-corrected chi connectivity index (χ4v) is 2.52. The van der Waals surface area contributed by atoms with E-state index in [1.807, 2.05) is 12.1 Å². The third kappa shape index (κ3) is 2.95. The Morgan fingerprint density at radius 2 is 2.00 bits per heavy atom. The van der Waals surface area contributed by atoms with Gasteiger partial charge < -0.3 is 9.47 Å². The molecule has 2 rings (SSSR count). The predicted octanol–water partition coefficient (Wildman–Crippen LogP) is 3.81. The van der Waals surface area contributed by atoms with E-state index in [9.17, 15) is 0 Å². The number of imidazole rings is 1. The second-order valence-electron chi connectivity index (χ2n) is 5.87. The zero-order valence-electron chi connectivity index (χ0n) is 12.5. The van der Waals surface area contributed by atoms with Crippen LogP contribution >= 0.6 is 23.2 Å². The summed E-state index contributed by atoms with van der Waals surface area (Å²) >= 11 is 12.2. The number of alkyl halides is 1. The molecule has 5 heteroatoms. The van der Waals surface area contributed by atoms with Crippen molar-refractivity contribution >= 4 is 34.2 Å². The van der Waals surface area contributed by atoms with Crippen LogP contribution in [0.1, 0.15) is 19.7 Å². The van der Waals surface area contributed by atoms with Crippen LogP contribution in [0.3, 0.4) is 0 Å². The van der Waals surface area contributed by atoms with E-state index in [1.54, 1.807) is 0 Å². The van der Waals surface area contributed by atoms with Gasteiger partial charge in [-0.05, 0) is 40.1 Å². The summed E-state index contributed by atoms with van der Waals surface area (Å²) in [5, 5.41) is 0.694. The molecule has 0 amide bonds. The molecule has 1 aromatic heterocycles. The van der Waals surface area contributed by atoms with Gasteiger partial charge in [0.05, 0.1) is 10.5 Å². The fourth-order valence-electron chi connectivity index (χ4n) is 2.14. The Morgan fingerprint density at radius 3 is 2.60 bits per heavy atom. The summed E-state index contributed by atoms with van der Waals surface area (Å²) in [5.41, 5.74) is 1.97. The van der Waals surface area contributed by atoms with Crippen molar-refractivity contribution in [3.05, 3.63) is 29.0 Å². The minimum Gasteiger partial charge on any atom is -0.326 e. The van der Waals surface area contributed by atoms with E-state index in [0.29, 0.717) is 10.9 Å². The van der Waals surface area contributed by atoms with E-state index in [4.69, 9.17) is 23.2 Å². The Labute approximate surface area is 130 Å². The first-order valence-corrected chi connectivity index (χ1v) is 7.65. The first-order chi connectivity index (χ1) is 9.36. The van der Waals surface area contributed by atoms with Crippen LogP contribution < -0.4 is 0 Å². The van der Waals surface area contributed by atoms with E-state index in [-0.39, 0.29) is 5.54 Å². The molecule has 0 aliphatic rings. The van der Waals surface area contributed by atoms with Gasteiger partial charge in [0.1, 0.15) is 11.3 Å². The number of benzene rings is 1. The van der Waals surface area contributed by atoms with Gasteiger partial charge in [-0.3, -0.25) is 0 Å². The van der Waals surface area contributed by atoms with Crippen molar-refractivity contribution in [2.75, 3.05) is 20.0 Å². The molecule has 1 heterocycles. The van der Waals surface area contributed by atoms with Gasteiger partial charge in [-0.1, -0.05) is 17.7 Å². The topological polar surface area (TPSA) is 21.1 Å². The van der Waals surface area contributed by atoms with Crippen LogP contribution in [0.25, 0.3) is 11.0 Å². The Morgan fingerprint density at radius 1 is 1.30 bits per heavy atom. The largest absolute Gasteiger partial charge is 0.326 e. The molecule has 20 heavy (non-hydrogen) atoms. The van der Waals surface area contributed by atoms with Crippen LogP contribution in [-0.2, 0) is 13.0 Å². The third-order valence-corrected chi connectivity index (χ3v) is 4.38. The molecule has 0 saturated carbocycles. The lowest BCUT2D eigenvalue weighted by molar-refractivity contribution is 0.170. The molecule has 0 radical (unpaired) electrons. The number of likely N-dealkylation sites (N-methyl/N-ethyl adjacent to an activating group) is 1. The molecule has 0 atom stereocenters. The van der Waals surface area contributed by atoms with Gasteiger partial charge in [-0.25, -0.2) is 4.98 Å². The minimum atomic E-state index is 0.0248. The van der Waals surface area contributed by atoms with Crippen molar-refractivity contribution < 1.29 is 0 Å². The Bertz CT molecular complexity index is 602. The number of hydrogen-bond acceptors (Lipinski definition) is 2. The first kappa shape index (κ1) is 15.6. The number of fused-ring (bicyclic) bond motifs is 1. The highest BCUT2D eigenvalue weighted by atomic mass is 35.5. The lowest BCUT2D eigenvalue weighted by Gasteiger charge is -2.33. The average Bonchev–Trinajstić information content (AvgIpc) is 2.69. The number of halogens is 2. The Hall–Kier alpha value is -0.770. The zero-order valence-corrected chi connectivity index (χ0v) is 14.0. The van der Waals surface area contributed by atoms with Gasteiger partial charge >= 0.3 is 0 Å². The quantitative estimate of drug-likeness (QED) is 0.783. The van der Waals surface area contributed by atoms with Crippen LogP contribution in [0.4, 0.5) is 0 Å². The van der Waals surface area contributed by atoms with E-state index < -0.39 is 0 Å². The minimum absolute atomic E-state index is 0.0248. The summed E-state index contributed by atoms with van der Waals surface area (Å²) in [6, 6.07) is 5.91. The summed E-state index contributed by atoms with van der Waals surface area (Å²) < 4.78 is 2.24. The SMILES string of the molecule is CN(C)C(C)(C)Cn1c(CCCl)nc2c(Cl)cccc21. The van der Waals surface area contributed by atoms with Crippen molar-refractivity contribution in [3.8, 4) is 0 Å². The lowest BCUT2D eigenvalue weighted by Crippen LogP contribution is -2.42. The number of rotatable bonds is 5. The normalized spacial score (nSPS) is 12.6. The maximum Gasteiger partial charge on any atom is 0.111 e. The van der Waals surface area contributed by atoms with E-state index >= 15 is 0 Å². The molecule has 0 N–H and O–H groups in total. The lowest BCUT2D eigenvalue weighted by atomic mass is 10.0. The Kier molecular flexibility index (Phi) is 4.62. The van der Waals surface area contributed by atoms with Crippen molar-refractivity contribution in [3.63, 3.8) is 0 Å². The molecule has 2 aromatic rings. The number of nitrogens with zero attached hydrogens (tertiary/aromatic N) is 3. The molecule has 3 nitrogen and oxygen atoms in total. The van der Waals surface area contributed by atoms with E-state index in [0.717, 1.165) is 29.8 Å². The molecular formula is C15H21Cl2N3. The molecule has 1 aromatic carbocycles. The summed E-state index contributed by atoms with van der Waals surface area (Å²) in [7, 11) is 4.18. The van der Waals surface area contributed by atoms with Crippen LogP contribution in [0.5, 0.6) is 0 Å². The summed E-state index contributed by atoms with van der Waals surface area (Å²) in [6.45, 7) is 5.28. The summed E-state index contributed by atoms with van der Waals surface area (Å²) in [4.78, 5) is 6.89. The zero-order chi connectivity index (χ0) is 14.9. The highest BCUT2D eigenvalue weighted by Gasteiger charge is 2.24. The van der Waals surface area contributed by atoms with E-state index in [2.05, 4.69) is 48.5 Å². The molecule has 110 valence electrons. The molecule has 0 fully saturated rings. The molecule has 0 aliphatic carbocycles. The molecular weight excluding hydrogens is 293 g/mol. The number of para-hydroxylation sites is 1. The number of aromatic nitrogens is 2. The fraction of sp³-hybridized carbons (Fsp3) is 0.533. The number of aryl methyl sites for hydroxylation is 1. The van der Waals surface area contributed by atoms with Gasteiger partial charge in [-0.15, -0.1) is 11.6 Å². The van der Waals surface area contributed by atoms with Crippen molar-refractivity contribution in [2.45, 2.75) is 32.4 Å². The van der Waals surface area contributed by atoms with Gasteiger partial charge in [-0.2, -0.15) is 0 Å². The molecule has 0 spiro atoms. The van der Waals surface area contributed by atoms with Crippen LogP contribution in [0.2, 0.25) is 5.02 Å². The van der Waals surface area contributed by atoms with E-state index in [1.165, 1.54) is 0 Å². The standard InChI is InChI=1S/C15H21Cl2N3/c1-15(2,19(3)4)10-20-12-7-5-6-11(17)14(12)18-13(20)8-9-16/h5-7H,8-10H2,1-4H3. The van der Waals surface area contributed by atoms with Crippen LogP contribution in [0.15, 0.2) is 18.2 Å². The highest BCUT2D eigenvalue weighted by Crippen LogP contribution is 2.26. The molecule has 0 bridgehead atoms. The second-order valence-corrected chi connectivity index (χ2v) is 6.65. The van der Waals surface area contributed by atoms with Crippen molar-refractivity contribution in [1.29, 1.82) is 0 Å². The maximum atomic E-state index is 6.26. The summed E-state index contributed by atoms with van der Waals surface area (Å²) in [6.07, 6.45) is 0.746. The molecule has 0 aliphatic heterocycles. The molecule has 0 saturated heterocycles. The smallest absolute Gasteiger partial charge is 0.111 e. The van der Waals surface area contributed by atoms with Gasteiger partial charge in [0.2, 0.25) is 0 Å². The predicted molar refractivity (Wildman–Crippen MR) is 86.9 cm³/mol. The molecule has 0 unspecified atom stereocenters. The van der Waals surface area contributed by atoms with Crippen LogP contribution in [-0.4, -0.2) is 40.0 Å². The summed E-state index contributed by atoms with van der Waals surface area (Å²) in [5.74, 6) is 1.56. The van der Waals surface area contributed by atoms with Crippen LogP contribution in [0, 0.1) is 0 Å².